The van der Waals surface area contributed by atoms with E-state index in [0.29, 0.717) is 6.42 Å². The van der Waals surface area contributed by atoms with Crippen LogP contribution in [0.15, 0.2) is 29.8 Å². The second-order valence-corrected chi connectivity index (χ2v) is 4.72. The van der Waals surface area contributed by atoms with Crippen molar-refractivity contribution in [2.24, 2.45) is 0 Å². The molecule has 1 fully saturated rings. The maximum Gasteiger partial charge on any atom is 0.166 e. The fourth-order valence-corrected chi connectivity index (χ4v) is 2.77. The number of fused-ring (bicyclic) bond motifs is 1. The van der Waals surface area contributed by atoms with E-state index >= 15 is 0 Å². The lowest BCUT2D eigenvalue weighted by Crippen LogP contribution is -2.19. The summed E-state index contributed by atoms with van der Waals surface area (Å²) in [4.78, 5) is 12.1. The molecule has 1 aromatic rings. The average Bonchev–Trinajstić information content (AvgIpc) is 2.75. The molecule has 1 heterocycles. The van der Waals surface area contributed by atoms with Crippen molar-refractivity contribution in [3.8, 4) is 5.75 Å². The van der Waals surface area contributed by atoms with Crippen molar-refractivity contribution >= 4 is 11.4 Å². The second-order valence-electron chi connectivity index (χ2n) is 4.72. The van der Waals surface area contributed by atoms with Crippen LogP contribution in [-0.4, -0.2) is 25.6 Å². The van der Waals surface area contributed by atoms with Crippen molar-refractivity contribution in [3.05, 3.63) is 35.4 Å². The zero-order valence-corrected chi connectivity index (χ0v) is 10.4. The number of Topliss-reactive ketones (excluding diaryl/α,β-unsaturated/α-hetero) is 1. The molecule has 1 saturated heterocycles. The van der Waals surface area contributed by atoms with Gasteiger partial charge in [-0.05, 0) is 36.1 Å². The third-order valence-corrected chi connectivity index (χ3v) is 3.65. The summed E-state index contributed by atoms with van der Waals surface area (Å²) >= 11 is 0. The summed E-state index contributed by atoms with van der Waals surface area (Å²) < 4.78 is 10.8. The van der Waals surface area contributed by atoms with Gasteiger partial charge in [0.25, 0.3) is 0 Å². The first-order chi connectivity index (χ1) is 8.79. The summed E-state index contributed by atoms with van der Waals surface area (Å²) in [5, 5.41) is 0. The normalized spacial score (nSPS) is 23.2. The van der Waals surface area contributed by atoms with Gasteiger partial charge in [-0.1, -0.05) is 12.1 Å². The van der Waals surface area contributed by atoms with Crippen LogP contribution in [0, 0.1) is 0 Å². The maximum atomic E-state index is 12.1. The number of benzene rings is 1. The van der Waals surface area contributed by atoms with Crippen molar-refractivity contribution in [1.82, 2.24) is 0 Å². The van der Waals surface area contributed by atoms with Crippen LogP contribution in [0.25, 0.3) is 5.57 Å². The largest absolute Gasteiger partial charge is 0.497 e. The monoisotopic (exact) mass is 244 g/mol. The van der Waals surface area contributed by atoms with Gasteiger partial charge in [0, 0.05) is 18.6 Å². The highest BCUT2D eigenvalue weighted by Crippen LogP contribution is 2.38. The molecule has 3 nitrogen and oxygen atoms in total. The summed E-state index contributed by atoms with van der Waals surface area (Å²) in [6.07, 6.45) is 2.54. The Balaban J connectivity index is 2.00. The van der Waals surface area contributed by atoms with Crippen LogP contribution in [-0.2, 0) is 9.53 Å². The highest BCUT2D eigenvalue weighted by Gasteiger charge is 2.34. The molecule has 18 heavy (non-hydrogen) atoms. The van der Waals surface area contributed by atoms with Crippen molar-refractivity contribution in [2.45, 2.75) is 25.4 Å². The number of carbonyl (C=O) groups excluding carboxylic acids is 1. The number of carbonyl (C=O) groups is 1. The predicted molar refractivity (Wildman–Crippen MR) is 68.5 cm³/mol. The molecule has 0 N–H and O–H groups in total. The molecule has 1 aromatic carbocycles. The summed E-state index contributed by atoms with van der Waals surface area (Å²) in [5.74, 6) is 1.02. The first-order valence-electron chi connectivity index (χ1n) is 6.32. The Morgan fingerprint density at radius 2 is 2.06 bits per heavy atom. The van der Waals surface area contributed by atoms with Crippen LogP contribution in [0.3, 0.4) is 0 Å². The van der Waals surface area contributed by atoms with E-state index in [1.807, 2.05) is 24.3 Å². The Bertz CT molecular complexity index is 499. The SMILES string of the molecule is COc1ccc(C2=C3CCCOC3CC2=O)cc1. The predicted octanol–water partition coefficient (Wildman–Crippen LogP) is 2.60. The molecule has 94 valence electrons. The van der Waals surface area contributed by atoms with Gasteiger partial charge in [-0.2, -0.15) is 0 Å². The van der Waals surface area contributed by atoms with Crippen LogP contribution in [0.2, 0.25) is 0 Å². The fourth-order valence-electron chi connectivity index (χ4n) is 2.77. The van der Waals surface area contributed by atoms with E-state index in [1.165, 1.54) is 5.57 Å². The van der Waals surface area contributed by atoms with Gasteiger partial charge in [-0.25, -0.2) is 0 Å². The Labute approximate surface area is 106 Å². The van der Waals surface area contributed by atoms with Crippen LogP contribution in [0.5, 0.6) is 5.75 Å². The van der Waals surface area contributed by atoms with E-state index in [9.17, 15) is 4.79 Å². The Morgan fingerprint density at radius 3 is 2.78 bits per heavy atom. The highest BCUT2D eigenvalue weighted by atomic mass is 16.5. The molecule has 2 aliphatic rings. The van der Waals surface area contributed by atoms with E-state index in [-0.39, 0.29) is 11.9 Å². The number of ketones is 1. The van der Waals surface area contributed by atoms with Gasteiger partial charge in [0.15, 0.2) is 5.78 Å². The minimum atomic E-state index is 0.0309. The molecule has 1 atom stereocenters. The summed E-state index contributed by atoms with van der Waals surface area (Å²) in [6.45, 7) is 0.775. The second kappa shape index (κ2) is 4.58. The molecule has 0 bridgehead atoms. The number of hydrogen-bond acceptors (Lipinski definition) is 3. The molecular weight excluding hydrogens is 228 g/mol. The Kier molecular flexibility index (Phi) is 2.92. The van der Waals surface area contributed by atoms with Gasteiger partial charge in [-0.3, -0.25) is 4.79 Å². The maximum absolute atomic E-state index is 12.1. The summed E-state index contributed by atoms with van der Waals surface area (Å²) in [6, 6.07) is 7.70. The van der Waals surface area contributed by atoms with Gasteiger partial charge in [0.1, 0.15) is 5.75 Å². The molecule has 0 aromatic heterocycles. The molecule has 1 aliphatic carbocycles. The minimum Gasteiger partial charge on any atom is -0.497 e. The molecule has 3 rings (SSSR count). The van der Waals surface area contributed by atoms with Gasteiger partial charge in [-0.15, -0.1) is 0 Å². The lowest BCUT2D eigenvalue weighted by atomic mass is 9.97. The molecule has 1 unspecified atom stereocenters. The van der Waals surface area contributed by atoms with E-state index in [4.69, 9.17) is 9.47 Å². The van der Waals surface area contributed by atoms with Gasteiger partial charge in [0.2, 0.25) is 0 Å². The molecular formula is C15H16O3. The van der Waals surface area contributed by atoms with Crippen molar-refractivity contribution in [2.75, 3.05) is 13.7 Å². The minimum absolute atomic E-state index is 0.0309. The van der Waals surface area contributed by atoms with E-state index in [2.05, 4.69) is 0 Å². The number of hydrogen-bond donors (Lipinski definition) is 0. The van der Waals surface area contributed by atoms with E-state index in [1.54, 1.807) is 7.11 Å². The lowest BCUT2D eigenvalue weighted by Gasteiger charge is -2.21. The first kappa shape index (κ1) is 11.5. The summed E-state index contributed by atoms with van der Waals surface area (Å²) in [7, 11) is 1.64. The zero-order chi connectivity index (χ0) is 12.5. The molecule has 0 radical (unpaired) electrons. The average molecular weight is 244 g/mol. The third kappa shape index (κ3) is 1.85. The van der Waals surface area contributed by atoms with Gasteiger partial charge >= 0.3 is 0 Å². The fraction of sp³-hybridized carbons (Fsp3) is 0.400. The van der Waals surface area contributed by atoms with Crippen molar-refractivity contribution < 1.29 is 14.3 Å². The third-order valence-electron chi connectivity index (χ3n) is 3.65. The van der Waals surface area contributed by atoms with E-state index in [0.717, 1.165) is 36.3 Å². The molecule has 0 spiro atoms. The summed E-state index contributed by atoms with van der Waals surface area (Å²) in [5.41, 5.74) is 3.06. The molecule has 1 aliphatic heterocycles. The topological polar surface area (TPSA) is 35.5 Å². The Hall–Kier alpha value is -1.61. The van der Waals surface area contributed by atoms with Gasteiger partial charge < -0.3 is 9.47 Å². The van der Waals surface area contributed by atoms with Crippen LogP contribution in [0.4, 0.5) is 0 Å². The molecule has 3 heteroatoms. The van der Waals surface area contributed by atoms with Crippen LogP contribution in [0.1, 0.15) is 24.8 Å². The quantitative estimate of drug-likeness (QED) is 0.802. The van der Waals surface area contributed by atoms with Gasteiger partial charge in [0.05, 0.1) is 13.2 Å². The number of ether oxygens (including phenoxy) is 2. The van der Waals surface area contributed by atoms with Crippen molar-refractivity contribution in [1.29, 1.82) is 0 Å². The number of allylic oxidation sites excluding steroid dienone is 1. The van der Waals surface area contributed by atoms with Crippen LogP contribution >= 0.6 is 0 Å². The number of rotatable bonds is 2. The highest BCUT2D eigenvalue weighted by molar-refractivity contribution is 6.24. The zero-order valence-electron chi connectivity index (χ0n) is 10.4. The lowest BCUT2D eigenvalue weighted by molar-refractivity contribution is -0.114. The van der Waals surface area contributed by atoms with E-state index < -0.39 is 0 Å². The van der Waals surface area contributed by atoms with Crippen molar-refractivity contribution in [3.63, 3.8) is 0 Å². The molecule has 0 saturated carbocycles. The Morgan fingerprint density at radius 1 is 1.28 bits per heavy atom. The molecule has 0 amide bonds. The number of methoxy groups -OCH3 is 1. The van der Waals surface area contributed by atoms with Crippen LogP contribution < -0.4 is 4.74 Å². The first-order valence-corrected chi connectivity index (χ1v) is 6.32. The standard InChI is InChI=1S/C15H16O3/c1-17-11-6-4-10(5-7-11)15-12-3-2-8-18-14(12)9-13(15)16/h4-7,14H,2-3,8-9H2,1H3. The smallest absolute Gasteiger partial charge is 0.166 e.